The maximum Gasteiger partial charge on any atom is -0.00852 e. The van der Waals surface area contributed by atoms with Gasteiger partial charge in [0.2, 0.25) is 0 Å². The fourth-order valence-electron chi connectivity index (χ4n) is 7.38. The molecule has 272 valence electrons. The summed E-state index contributed by atoms with van der Waals surface area (Å²) >= 11 is 0. The second kappa shape index (κ2) is 15.4. The molecule has 0 aromatic heterocycles. The van der Waals surface area contributed by atoms with E-state index < -0.39 is 0 Å². The fraction of sp³-hybridized carbons (Fsp3) is 0.385. The first-order chi connectivity index (χ1) is 24.3. The van der Waals surface area contributed by atoms with Gasteiger partial charge in [0.05, 0.1) is 0 Å². The summed E-state index contributed by atoms with van der Waals surface area (Å²) < 4.78 is 0. The maximum atomic E-state index is 2.34. The minimum absolute atomic E-state index is 0.264. The highest BCUT2D eigenvalue weighted by Crippen LogP contribution is 2.33. The zero-order chi connectivity index (χ0) is 37.9. The van der Waals surface area contributed by atoms with Crippen molar-refractivity contribution in [2.45, 2.75) is 130 Å². The second-order valence-electron chi connectivity index (χ2n) is 19.0. The first kappa shape index (κ1) is 39.1. The Labute approximate surface area is 317 Å². The van der Waals surface area contributed by atoms with Crippen LogP contribution in [0.1, 0.15) is 150 Å². The van der Waals surface area contributed by atoms with Crippen molar-refractivity contribution in [2.75, 3.05) is 0 Å². The Balaban J connectivity index is 0.000000134. The van der Waals surface area contributed by atoms with Crippen LogP contribution >= 0.6 is 0 Å². The van der Waals surface area contributed by atoms with E-state index in [-0.39, 0.29) is 21.7 Å². The van der Waals surface area contributed by atoms with Crippen molar-refractivity contribution in [3.8, 4) is 0 Å². The Morgan fingerprint density at radius 2 is 0.885 bits per heavy atom. The summed E-state index contributed by atoms with van der Waals surface area (Å²) in [5.41, 5.74) is 18.5. The standard InChI is InChI=1S/4C13H16/c2*1-13(2,3)12-9-5-7-10-6-4-8-11(10)12;2*1-13(2,3)12-8-7-10-5-4-6-11(10)9-12/h4-5,7-9H,6H2,1-3H3;4-7,9H,8H2,1-3H3;4,6-9H,5H2,1-3H3;4-5,7-9H,6H2,1-3H3. The van der Waals surface area contributed by atoms with Crippen molar-refractivity contribution in [2.24, 2.45) is 0 Å². The lowest BCUT2D eigenvalue weighted by atomic mass is 9.82. The summed E-state index contributed by atoms with van der Waals surface area (Å²) in [6.07, 6.45) is 22.3. The molecule has 52 heavy (non-hydrogen) atoms. The monoisotopic (exact) mass is 689 g/mol. The highest BCUT2D eigenvalue weighted by Gasteiger charge is 2.21. The molecule has 0 saturated carbocycles. The van der Waals surface area contributed by atoms with E-state index in [0.29, 0.717) is 0 Å². The van der Waals surface area contributed by atoms with Gasteiger partial charge in [-0.3, -0.25) is 0 Å². The van der Waals surface area contributed by atoms with Gasteiger partial charge < -0.3 is 0 Å². The summed E-state index contributed by atoms with van der Waals surface area (Å²) in [4.78, 5) is 0. The molecule has 0 nitrogen and oxygen atoms in total. The first-order valence-electron chi connectivity index (χ1n) is 19.5. The van der Waals surface area contributed by atoms with Gasteiger partial charge in [-0.05, 0) is 114 Å². The number of hydrogen-bond donors (Lipinski definition) is 0. The van der Waals surface area contributed by atoms with E-state index in [4.69, 9.17) is 0 Å². The molecule has 4 aliphatic carbocycles. The Bertz CT molecular complexity index is 1990. The molecule has 0 heteroatoms. The van der Waals surface area contributed by atoms with Crippen LogP contribution < -0.4 is 0 Å². The smallest absolute Gasteiger partial charge is 0.00852 e. The predicted molar refractivity (Wildman–Crippen MR) is 232 cm³/mol. The molecule has 0 bridgehead atoms. The third-order valence-electron chi connectivity index (χ3n) is 10.6. The zero-order valence-electron chi connectivity index (χ0n) is 34.4. The average molecular weight is 689 g/mol. The van der Waals surface area contributed by atoms with E-state index in [2.05, 4.69) is 204 Å². The van der Waals surface area contributed by atoms with Crippen molar-refractivity contribution in [3.63, 3.8) is 0 Å². The number of hydrogen-bond acceptors (Lipinski definition) is 0. The summed E-state index contributed by atoms with van der Waals surface area (Å²) in [6, 6.07) is 26.9. The molecule has 4 aliphatic rings. The minimum Gasteiger partial charge on any atom is -0.0795 e. The van der Waals surface area contributed by atoms with Gasteiger partial charge in [-0.15, -0.1) is 0 Å². The minimum atomic E-state index is 0.264. The summed E-state index contributed by atoms with van der Waals surface area (Å²) in [6.45, 7) is 27.2. The SMILES string of the molecule is CC(C)(C)c1ccc2c(c1)C=CC2.CC(C)(C)c1ccc2c(c1)CC=C2.CC(C)(C)c1cccc2c1C=CC2.CC(C)(C)c1cccc2c1CC=C2. The van der Waals surface area contributed by atoms with Gasteiger partial charge >= 0.3 is 0 Å². The molecule has 0 aliphatic heterocycles. The van der Waals surface area contributed by atoms with Crippen molar-refractivity contribution in [1.29, 1.82) is 0 Å². The van der Waals surface area contributed by atoms with Crippen molar-refractivity contribution >= 4 is 24.3 Å². The molecule has 0 spiro atoms. The molecule has 0 heterocycles. The van der Waals surface area contributed by atoms with Crippen molar-refractivity contribution in [3.05, 3.63) is 164 Å². The molecule has 0 unspecified atom stereocenters. The molecule has 4 aromatic rings. The van der Waals surface area contributed by atoms with Crippen LogP contribution in [0.4, 0.5) is 0 Å². The number of fused-ring (bicyclic) bond motifs is 4. The molecule has 0 amide bonds. The van der Waals surface area contributed by atoms with Crippen LogP contribution in [0, 0.1) is 0 Å². The molecule has 0 radical (unpaired) electrons. The van der Waals surface area contributed by atoms with Crippen molar-refractivity contribution in [1.82, 2.24) is 0 Å². The predicted octanol–water partition coefficient (Wildman–Crippen LogP) is 14.2. The van der Waals surface area contributed by atoms with Crippen molar-refractivity contribution < 1.29 is 0 Å². The Kier molecular flexibility index (Phi) is 11.6. The van der Waals surface area contributed by atoms with Crippen LogP contribution in [-0.4, -0.2) is 0 Å². The van der Waals surface area contributed by atoms with Gasteiger partial charge in [-0.2, -0.15) is 0 Å². The second-order valence-corrected chi connectivity index (χ2v) is 19.0. The Morgan fingerprint density at radius 3 is 1.56 bits per heavy atom. The quantitative estimate of drug-likeness (QED) is 0.172. The lowest BCUT2D eigenvalue weighted by Gasteiger charge is -2.22. The van der Waals surface area contributed by atoms with Crippen LogP contribution in [0.2, 0.25) is 0 Å². The van der Waals surface area contributed by atoms with Gasteiger partial charge in [0, 0.05) is 0 Å². The number of rotatable bonds is 0. The maximum absolute atomic E-state index is 2.34. The Hall–Kier alpha value is -4.16. The van der Waals surface area contributed by atoms with E-state index in [1.165, 1.54) is 66.8 Å². The molecular weight excluding hydrogens is 625 g/mol. The first-order valence-corrected chi connectivity index (χ1v) is 19.5. The molecule has 0 fully saturated rings. The normalized spacial score (nSPS) is 14.7. The molecule has 0 N–H and O–H groups in total. The lowest BCUT2D eigenvalue weighted by Crippen LogP contribution is -2.13. The van der Waals surface area contributed by atoms with E-state index in [0.717, 1.165) is 25.7 Å². The van der Waals surface area contributed by atoms with Gasteiger partial charge in [0.1, 0.15) is 0 Å². The van der Waals surface area contributed by atoms with E-state index in [1.807, 2.05) is 0 Å². The lowest BCUT2D eigenvalue weighted by molar-refractivity contribution is 0.584. The number of benzene rings is 4. The molecule has 4 aromatic carbocycles. The summed E-state index contributed by atoms with van der Waals surface area (Å²) in [5.74, 6) is 0. The third kappa shape index (κ3) is 9.63. The third-order valence-corrected chi connectivity index (χ3v) is 10.6. The Morgan fingerprint density at radius 1 is 0.365 bits per heavy atom. The van der Waals surface area contributed by atoms with Gasteiger partial charge in [-0.1, -0.05) is 204 Å². The molecule has 0 atom stereocenters. The van der Waals surface area contributed by atoms with E-state index in [1.54, 1.807) is 0 Å². The van der Waals surface area contributed by atoms with Crippen LogP contribution in [0.15, 0.2) is 97.1 Å². The molecular formula is C52H64. The topological polar surface area (TPSA) is 0 Å². The average Bonchev–Trinajstić information content (AvgIpc) is 3.89. The highest BCUT2D eigenvalue weighted by molar-refractivity contribution is 5.65. The number of allylic oxidation sites excluding steroid dienone is 4. The molecule has 8 rings (SSSR count). The van der Waals surface area contributed by atoms with Gasteiger partial charge in [-0.25, -0.2) is 0 Å². The van der Waals surface area contributed by atoms with Crippen LogP contribution in [0.3, 0.4) is 0 Å². The zero-order valence-corrected chi connectivity index (χ0v) is 34.4. The fourth-order valence-corrected chi connectivity index (χ4v) is 7.38. The summed E-state index contributed by atoms with van der Waals surface area (Å²) in [7, 11) is 0. The highest BCUT2D eigenvalue weighted by atomic mass is 14.3. The van der Waals surface area contributed by atoms with Crippen LogP contribution in [0.25, 0.3) is 24.3 Å². The summed E-state index contributed by atoms with van der Waals surface area (Å²) in [5, 5.41) is 0. The van der Waals surface area contributed by atoms with E-state index in [9.17, 15) is 0 Å². The van der Waals surface area contributed by atoms with E-state index >= 15 is 0 Å². The van der Waals surface area contributed by atoms with Crippen LogP contribution in [0.5, 0.6) is 0 Å². The molecule has 0 saturated heterocycles. The van der Waals surface area contributed by atoms with Gasteiger partial charge in [0.25, 0.3) is 0 Å². The van der Waals surface area contributed by atoms with Crippen LogP contribution in [-0.2, 0) is 47.3 Å². The van der Waals surface area contributed by atoms with Gasteiger partial charge in [0.15, 0.2) is 0 Å². The largest absolute Gasteiger partial charge is 0.0795 e.